The third-order valence-electron chi connectivity index (χ3n) is 2.92. The summed E-state index contributed by atoms with van der Waals surface area (Å²) in [6.07, 6.45) is -1.45. The van der Waals surface area contributed by atoms with E-state index in [2.05, 4.69) is 15.6 Å². The van der Waals surface area contributed by atoms with Crippen molar-refractivity contribution in [2.24, 2.45) is 0 Å². The molecule has 0 aliphatic carbocycles. The van der Waals surface area contributed by atoms with Gasteiger partial charge in [0.15, 0.2) is 10.8 Å². The van der Waals surface area contributed by atoms with Gasteiger partial charge in [-0.2, -0.15) is 0 Å². The normalized spacial score (nSPS) is 14.2. The van der Waals surface area contributed by atoms with E-state index in [1.54, 1.807) is 27.7 Å². The SMILES string of the molecule is C[C@@H](OC(C)(C)C)[C@H](NC(=O)OC(C)(C)C)C(=O)Nc1nc(C(=O)O)cs1. The number of hydrogen-bond acceptors (Lipinski definition) is 7. The number of carbonyl (C=O) groups excluding carboxylic acids is 2. The van der Waals surface area contributed by atoms with Gasteiger partial charge in [0, 0.05) is 5.38 Å². The molecule has 1 rings (SSSR count). The minimum Gasteiger partial charge on any atom is -0.476 e. The number of carboxylic acids is 1. The highest BCUT2D eigenvalue weighted by Gasteiger charge is 2.32. The van der Waals surface area contributed by atoms with Crippen LogP contribution in [0, 0.1) is 0 Å². The number of rotatable bonds is 6. The second-order valence-corrected chi connectivity index (χ2v) is 8.75. The molecule has 1 aromatic heterocycles. The minimum atomic E-state index is -1.19. The van der Waals surface area contributed by atoms with Gasteiger partial charge in [0.05, 0.1) is 11.7 Å². The fraction of sp³-hybridized carbons (Fsp3) is 0.647. The Kier molecular flexibility index (Phi) is 7.32. The molecule has 0 bridgehead atoms. The molecule has 2 atom stereocenters. The molecule has 0 radical (unpaired) electrons. The Labute approximate surface area is 162 Å². The van der Waals surface area contributed by atoms with E-state index >= 15 is 0 Å². The van der Waals surface area contributed by atoms with Gasteiger partial charge >= 0.3 is 12.1 Å². The Morgan fingerprint density at radius 2 is 1.74 bits per heavy atom. The van der Waals surface area contributed by atoms with Crippen molar-refractivity contribution in [1.82, 2.24) is 10.3 Å². The number of nitrogens with one attached hydrogen (secondary N) is 2. The zero-order valence-corrected chi connectivity index (χ0v) is 17.4. The number of amides is 2. The van der Waals surface area contributed by atoms with Gasteiger partial charge < -0.3 is 25.2 Å². The second-order valence-electron chi connectivity index (χ2n) is 7.89. The molecule has 9 nitrogen and oxygen atoms in total. The van der Waals surface area contributed by atoms with E-state index in [0.29, 0.717) is 0 Å². The van der Waals surface area contributed by atoms with Crippen molar-refractivity contribution in [2.45, 2.75) is 71.8 Å². The zero-order chi connectivity index (χ0) is 21.0. The van der Waals surface area contributed by atoms with Crippen molar-refractivity contribution in [1.29, 1.82) is 0 Å². The number of ether oxygens (including phenoxy) is 2. The molecule has 152 valence electrons. The largest absolute Gasteiger partial charge is 0.476 e. The van der Waals surface area contributed by atoms with Crippen LogP contribution in [0.25, 0.3) is 0 Å². The van der Waals surface area contributed by atoms with Crippen LogP contribution >= 0.6 is 11.3 Å². The Bertz CT molecular complexity index is 690. The van der Waals surface area contributed by atoms with Crippen molar-refractivity contribution in [3.05, 3.63) is 11.1 Å². The van der Waals surface area contributed by atoms with E-state index in [4.69, 9.17) is 14.6 Å². The summed E-state index contributed by atoms with van der Waals surface area (Å²) in [5.74, 6) is -1.79. The molecule has 0 unspecified atom stereocenters. The molecule has 3 N–H and O–H groups in total. The van der Waals surface area contributed by atoms with Crippen molar-refractivity contribution >= 4 is 34.4 Å². The van der Waals surface area contributed by atoms with E-state index < -0.39 is 41.3 Å². The van der Waals surface area contributed by atoms with Crippen LogP contribution in [-0.2, 0) is 14.3 Å². The molecule has 1 heterocycles. The highest BCUT2D eigenvalue weighted by Crippen LogP contribution is 2.18. The second kappa shape index (κ2) is 8.66. The number of aromatic carboxylic acids is 1. The van der Waals surface area contributed by atoms with E-state index in [0.717, 1.165) is 11.3 Å². The van der Waals surface area contributed by atoms with Crippen molar-refractivity contribution < 1.29 is 29.0 Å². The van der Waals surface area contributed by atoms with Gasteiger partial charge in [0.25, 0.3) is 5.91 Å². The van der Waals surface area contributed by atoms with E-state index in [9.17, 15) is 14.4 Å². The summed E-state index contributed by atoms with van der Waals surface area (Å²) in [4.78, 5) is 39.5. The van der Waals surface area contributed by atoms with Crippen LogP contribution in [0.15, 0.2) is 5.38 Å². The number of alkyl carbamates (subject to hydrolysis) is 1. The number of carboxylic acid groups (broad SMARTS) is 1. The summed E-state index contributed by atoms with van der Waals surface area (Å²) < 4.78 is 11.0. The van der Waals surface area contributed by atoms with E-state index in [1.165, 1.54) is 5.38 Å². The minimum absolute atomic E-state index is 0.108. The van der Waals surface area contributed by atoms with Gasteiger partial charge in [-0.3, -0.25) is 4.79 Å². The lowest BCUT2D eigenvalue weighted by atomic mass is 10.1. The Balaban J connectivity index is 2.95. The summed E-state index contributed by atoms with van der Waals surface area (Å²) in [7, 11) is 0. The van der Waals surface area contributed by atoms with E-state index in [-0.39, 0.29) is 10.8 Å². The molecule has 0 fully saturated rings. The van der Waals surface area contributed by atoms with E-state index in [1.807, 2.05) is 20.8 Å². The molecule has 0 aliphatic heterocycles. The third kappa shape index (κ3) is 8.35. The number of nitrogens with zero attached hydrogens (tertiary/aromatic N) is 1. The highest BCUT2D eigenvalue weighted by atomic mass is 32.1. The van der Waals surface area contributed by atoms with Crippen molar-refractivity contribution in [3.63, 3.8) is 0 Å². The monoisotopic (exact) mass is 401 g/mol. The summed E-state index contributed by atoms with van der Waals surface area (Å²) in [6.45, 7) is 12.3. The summed E-state index contributed by atoms with van der Waals surface area (Å²) >= 11 is 0.969. The molecule has 1 aromatic rings. The molecule has 0 aromatic carbocycles. The summed E-state index contributed by atoms with van der Waals surface area (Å²) in [6, 6.07) is -1.07. The third-order valence-corrected chi connectivity index (χ3v) is 3.67. The molecule has 0 aliphatic rings. The van der Waals surface area contributed by atoms with Gasteiger partial charge in [-0.15, -0.1) is 11.3 Å². The molecular formula is C17H27N3O6S. The average molecular weight is 401 g/mol. The molecular weight excluding hydrogens is 374 g/mol. The van der Waals surface area contributed by atoms with Gasteiger partial charge in [0.2, 0.25) is 0 Å². The van der Waals surface area contributed by atoms with Crippen molar-refractivity contribution in [2.75, 3.05) is 5.32 Å². The summed E-state index contributed by atoms with van der Waals surface area (Å²) in [5, 5.41) is 15.4. The van der Waals surface area contributed by atoms with Crippen LogP contribution in [0.3, 0.4) is 0 Å². The maximum atomic E-state index is 12.7. The first-order valence-electron chi connectivity index (χ1n) is 8.35. The standard InChI is InChI=1S/C17H27N3O6S/c1-9(25-16(2,3)4)11(19-15(24)26-17(5,6)7)12(21)20-14-18-10(8-27-14)13(22)23/h8-9,11H,1-7H3,(H,19,24)(H,22,23)(H,18,20,21)/t9-,11+/m1/s1. The van der Waals surface area contributed by atoms with Crippen LogP contribution in [0.4, 0.5) is 9.93 Å². The summed E-state index contributed by atoms with van der Waals surface area (Å²) in [5.41, 5.74) is -1.46. The van der Waals surface area contributed by atoms with Crippen LogP contribution in [0.1, 0.15) is 59.0 Å². The Morgan fingerprint density at radius 1 is 1.15 bits per heavy atom. The van der Waals surface area contributed by atoms with Crippen LogP contribution in [0.5, 0.6) is 0 Å². The number of aromatic nitrogens is 1. The van der Waals surface area contributed by atoms with Gasteiger partial charge in [-0.1, -0.05) is 0 Å². The molecule has 2 amide bonds. The Hall–Kier alpha value is -2.20. The predicted molar refractivity (Wildman–Crippen MR) is 101 cm³/mol. The number of hydrogen-bond donors (Lipinski definition) is 3. The molecule has 0 spiro atoms. The number of thiazole rings is 1. The first-order valence-corrected chi connectivity index (χ1v) is 9.23. The first kappa shape index (κ1) is 22.8. The smallest absolute Gasteiger partial charge is 0.408 e. The number of anilines is 1. The van der Waals surface area contributed by atoms with Gasteiger partial charge in [-0.05, 0) is 48.5 Å². The topological polar surface area (TPSA) is 127 Å². The quantitative estimate of drug-likeness (QED) is 0.669. The lowest BCUT2D eigenvalue weighted by Gasteiger charge is -2.31. The van der Waals surface area contributed by atoms with Crippen LogP contribution < -0.4 is 10.6 Å². The molecule has 0 saturated heterocycles. The maximum absolute atomic E-state index is 12.7. The zero-order valence-electron chi connectivity index (χ0n) is 16.6. The maximum Gasteiger partial charge on any atom is 0.408 e. The van der Waals surface area contributed by atoms with Gasteiger partial charge in [-0.25, -0.2) is 14.6 Å². The fourth-order valence-electron chi connectivity index (χ4n) is 2.07. The van der Waals surface area contributed by atoms with Gasteiger partial charge in [0.1, 0.15) is 11.6 Å². The highest BCUT2D eigenvalue weighted by molar-refractivity contribution is 7.14. The molecule has 0 saturated carbocycles. The van der Waals surface area contributed by atoms with Crippen LogP contribution in [0.2, 0.25) is 0 Å². The molecule has 10 heteroatoms. The lowest BCUT2D eigenvalue weighted by Crippen LogP contribution is -2.53. The fourth-order valence-corrected chi connectivity index (χ4v) is 2.76. The Morgan fingerprint density at radius 3 is 2.19 bits per heavy atom. The predicted octanol–water partition coefficient (Wildman–Crippen LogP) is 2.88. The van der Waals surface area contributed by atoms with Crippen LogP contribution in [-0.4, -0.2) is 51.4 Å². The first-order chi connectivity index (χ1) is 12.2. The molecule has 27 heavy (non-hydrogen) atoms. The lowest BCUT2D eigenvalue weighted by molar-refractivity contribution is -0.126. The number of carbonyl (C=O) groups is 3. The van der Waals surface area contributed by atoms with Crippen molar-refractivity contribution in [3.8, 4) is 0 Å². The average Bonchev–Trinajstić information content (AvgIpc) is 2.89.